The summed E-state index contributed by atoms with van der Waals surface area (Å²) in [4.78, 5) is 18.3. The van der Waals surface area contributed by atoms with Gasteiger partial charge < -0.3 is 10.6 Å². The van der Waals surface area contributed by atoms with Crippen LogP contribution in [0.5, 0.6) is 0 Å². The van der Waals surface area contributed by atoms with Crippen molar-refractivity contribution in [2.75, 3.05) is 13.6 Å². The van der Waals surface area contributed by atoms with Crippen molar-refractivity contribution < 1.29 is 4.79 Å². The topological polar surface area (TPSA) is 59.2 Å². The zero-order valence-corrected chi connectivity index (χ0v) is 10.9. The van der Waals surface area contributed by atoms with E-state index < -0.39 is 0 Å². The van der Waals surface area contributed by atoms with Gasteiger partial charge in [-0.2, -0.15) is 0 Å². The van der Waals surface area contributed by atoms with Crippen molar-refractivity contribution in [1.29, 1.82) is 0 Å². The molecule has 0 radical (unpaired) electrons. The lowest BCUT2D eigenvalue weighted by molar-refractivity contribution is -0.131. The van der Waals surface area contributed by atoms with E-state index >= 15 is 0 Å². The molecule has 0 spiro atoms. The Morgan fingerprint density at radius 3 is 3.00 bits per heavy atom. The molecule has 1 aliphatic carbocycles. The Bertz CT molecular complexity index is 393. The SMILES string of the molecule is CN(C(=O)Cc1ccccn1)C1CCCC1CN. The fourth-order valence-electron chi connectivity index (χ4n) is 2.77. The Balaban J connectivity index is 1.96. The van der Waals surface area contributed by atoms with E-state index in [2.05, 4.69) is 4.98 Å². The van der Waals surface area contributed by atoms with Gasteiger partial charge in [-0.25, -0.2) is 0 Å². The van der Waals surface area contributed by atoms with Gasteiger partial charge >= 0.3 is 0 Å². The summed E-state index contributed by atoms with van der Waals surface area (Å²) < 4.78 is 0. The van der Waals surface area contributed by atoms with E-state index in [1.165, 1.54) is 6.42 Å². The maximum atomic E-state index is 12.2. The van der Waals surface area contributed by atoms with Crippen molar-refractivity contribution in [2.24, 2.45) is 11.7 Å². The highest BCUT2D eigenvalue weighted by molar-refractivity contribution is 5.78. The molecule has 2 atom stereocenters. The van der Waals surface area contributed by atoms with Crippen LogP contribution in [0.2, 0.25) is 0 Å². The normalized spacial score (nSPS) is 23.0. The number of likely N-dealkylation sites (N-methyl/N-ethyl adjacent to an activating group) is 1. The predicted octanol–water partition coefficient (Wildman–Crippen LogP) is 1.21. The Kier molecular flexibility index (Phi) is 4.31. The van der Waals surface area contributed by atoms with Gasteiger partial charge in [0.25, 0.3) is 0 Å². The van der Waals surface area contributed by atoms with Crippen molar-refractivity contribution in [3.63, 3.8) is 0 Å². The molecule has 1 fully saturated rings. The average Bonchev–Trinajstić information content (AvgIpc) is 2.87. The molecule has 2 rings (SSSR count). The Morgan fingerprint density at radius 2 is 2.33 bits per heavy atom. The third-order valence-electron chi connectivity index (χ3n) is 3.87. The molecule has 98 valence electrons. The number of nitrogens with two attached hydrogens (primary N) is 1. The fraction of sp³-hybridized carbons (Fsp3) is 0.571. The van der Waals surface area contributed by atoms with Crippen molar-refractivity contribution in [2.45, 2.75) is 31.7 Å². The van der Waals surface area contributed by atoms with Crippen LogP contribution in [0, 0.1) is 5.92 Å². The second kappa shape index (κ2) is 5.96. The molecule has 4 heteroatoms. The minimum atomic E-state index is 0.138. The number of rotatable bonds is 4. The monoisotopic (exact) mass is 247 g/mol. The first-order valence-corrected chi connectivity index (χ1v) is 6.58. The molecule has 0 saturated heterocycles. The van der Waals surface area contributed by atoms with Crippen LogP contribution < -0.4 is 5.73 Å². The molecule has 1 amide bonds. The third-order valence-corrected chi connectivity index (χ3v) is 3.87. The van der Waals surface area contributed by atoms with E-state index in [-0.39, 0.29) is 5.91 Å². The number of carbonyl (C=O) groups excluding carboxylic acids is 1. The van der Waals surface area contributed by atoms with Gasteiger partial charge in [0.15, 0.2) is 0 Å². The van der Waals surface area contributed by atoms with Gasteiger partial charge in [0.1, 0.15) is 0 Å². The molecule has 0 aromatic carbocycles. The van der Waals surface area contributed by atoms with Crippen LogP contribution in [-0.4, -0.2) is 35.4 Å². The molecule has 2 unspecified atom stereocenters. The number of amides is 1. The van der Waals surface area contributed by atoms with E-state index in [4.69, 9.17) is 5.73 Å². The van der Waals surface area contributed by atoms with Crippen molar-refractivity contribution in [3.05, 3.63) is 30.1 Å². The van der Waals surface area contributed by atoms with E-state index in [0.717, 1.165) is 18.5 Å². The zero-order valence-electron chi connectivity index (χ0n) is 10.9. The first-order chi connectivity index (χ1) is 8.72. The van der Waals surface area contributed by atoms with Gasteiger partial charge in [0.2, 0.25) is 5.91 Å². The van der Waals surface area contributed by atoms with Gasteiger partial charge in [-0.3, -0.25) is 9.78 Å². The molecule has 1 aromatic heterocycles. The molecule has 1 heterocycles. The minimum Gasteiger partial charge on any atom is -0.342 e. The number of nitrogens with zero attached hydrogens (tertiary/aromatic N) is 2. The van der Waals surface area contributed by atoms with Gasteiger partial charge in [-0.1, -0.05) is 12.5 Å². The van der Waals surface area contributed by atoms with Crippen molar-refractivity contribution in [3.8, 4) is 0 Å². The summed E-state index contributed by atoms with van der Waals surface area (Å²) in [7, 11) is 1.89. The number of carbonyl (C=O) groups is 1. The average molecular weight is 247 g/mol. The quantitative estimate of drug-likeness (QED) is 0.870. The Hall–Kier alpha value is -1.42. The van der Waals surface area contributed by atoms with Crippen LogP contribution in [0.15, 0.2) is 24.4 Å². The summed E-state index contributed by atoms with van der Waals surface area (Å²) in [5.41, 5.74) is 6.59. The van der Waals surface area contributed by atoms with Crippen molar-refractivity contribution in [1.82, 2.24) is 9.88 Å². The standard InChI is InChI=1S/C14H21N3O/c1-17(13-7-4-5-11(13)10-15)14(18)9-12-6-2-3-8-16-12/h2-3,6,8,11,13H,4-5,7,9-10,15H2,1H3. The molecule has 0 bridgehead atoms. The molecule has 18 heavy (non-hydrogen) atoms. The maximum Gasteiger partial charge on any atom is 0.228 e. The first kappa shape index (κ1) is 13.0. The molecule has 2 N–H and O–H groups in total. The maximum absolute atomic E-state index is 12.2. The predicted molar refractivity (Wildman–Crippen MR) is 70.9 cm³/mol. The Morgan fingerprint density at radius 1 is 1.50 bits per heavy atom. The smallest absolute Gasteiger partial charge is 0.228 e. The van der Waals surface area contributed by atoms with Crippen LogP contribution in [0.1, 0.15) is 25.0 Å². The van der Waals surface area contributed by atoms with Crippen LogP contribution in [-0.2, 0) is 11.2 Å². The fourth-order valence-corrected chi connectivity index (χ4v) is 2.77. The highest BCUT2D eigenvalue weighted by Crippen LogP contribution is 2.28. The molecule has 4 nitrogen and oxygen atoms in total. The summed E-state index contributed by atoms with van der Waals surface area (Å²) in [5.74, 6) is 0.599. The number of pyridine rings is 1. The van der Waals surface area contributed by atoms with Crippen LogP contribution in [0.3, 0.4) is 0 Å². The summed E-state index contributed by atoms with van der Waals surface area (Å²) in [6.45, 7) is 0.672. The van der Waals surface area contributed by atoms with Gasteiger partial charge in [-0.05, 0) is 37.4 Å². The highest BCUT2D eigenvalue weighted by Gasteiger charge is 2.31. The van der Waals surface area contributed by atoms with Gasteiger partial charge in [0.05, 0.1) is 6.42 Å². The van der Waals surface area contributed by atoms with Gasteiger partial charge in [0, 0.05) is 25.0 Å². The van der Waals surface area contributed by atoms with Crippen LogP contribution >= 0.6 is 0 Å². The highest BCUT2D eigenvalue weighted by atomic mass is 16.2. The summed E-state index contributed by atoms with van der Waals surface area (Å²) in [6, 6.07) is 5.97. The van der Waals surface area contributed by atoms with E-state index in [1.54, 1.807) is 6.20 Å². The molecule has 1 aliphatic rings. The van der Waals surface area contributed by atoms with Crippen LogP contribution in [0.4, 0.5) is 0 Å². The summed E-state index contributed by atoms with van der Waals surface area (Å²) >= 11 is 0. The largest absolute Gasteiger partial charge is 0.342 e. The van der Waals surface area contributed by atoms with E-state index in [1.807, 2.05) is 30.1 Å². The lowest BCUT2D eigenvalue weighted by Gasteiger charge is -2.29. The summed E-state index contributed by atoms with van der Waals surface area (Å²) in [5, 5.41) is 0. The molecular weight excluding hydrogens is 226 g/mol. The molecular formula is C14H21N3O. The molecule has 0 aliphatic heterocycles. The minimum absolute atomic E-state index is 0.138. The number of hydrogen-bond donors (Lipinski definition) is 1. The Labute approximate surface area is 108 Å². The lowest BCUT2D eigenvalue weighted by atomic mass is 10.0. The summed E-state index contributed by atoms with van der Waals surface area (Å²) in [6.07, 6.45) is 5.49. The molecule has 1 aromatic rings. The van der Waals surface area contributed by atoms with Gasteiger partial charge in [-0.15, -0.1) is 0 Å². The zero-order chi connectivity index (χ0) is 13.0. The molecule has 1 saturated carbocycles. The second-order valence-electron chi connectivity index (χ2n) is 5.00. The van der Waals surface area contributed by atoms with Crippen molar-refractivity contribution >= 4 is 5.91 Å². The van der Waals surface area contributed by atoms with Crippen LogP contribution in [0.25, 0.3) is 0 Å². The lowest BCUT2D eigenvalue weighted by Crippen LogP contribution is -2.42. The number of aromatic nitrogens is 1. The number of hydrogen-bond acceptors (Lipinski definition) is 3. The third kappa shape index (κ3) is 2.88. The van der Waals surface area contributed by atoms with E-state index in [0.29, 0.717) is 24.9 Å². The first-order valence-electron chi connectivity index (χ1n) is 6.58. The second-order valence-corrected chi connectivity index (χ2v) is 5.00. The van der Waals surface area contributed by atoms with E-state index in [9.17, 15) is 4.79 Å².